The van der Waals surface area contributed by atoms with Gasteiger partial charge < -0.3 is 10.7 Å². The SMILES string of the molecule is Nc1c[nH]c(C(F)F)c([N+](=O)[O-])c1=O. The van der Waals surface area contributed by atoms with Crippen LogP contribution in [0.5, 0.6) is 0 Å². The molecule has 0 radical (unpaired) electrons. The maximum atomic E-state index is 12.2. The number of nitro groups is 1. The summed E-state index contributed by atoms with van der Waals surface area (Å²) in [6.45, 7) is 0. The van der Waals surface area contributed by atoms with Gasteiger partial charge in [-0.2, -0.15) is 0 Å². The Morgan fingerprint density at radius 2 is 2.14 bits per heavy atom. The summed E-state index contributed by atoms with van der Waals surface area (Å²) in [6.07, 6.45) is -2.32. The zero-order valence-corrected chi connectivity index (χ0v) is 6.66. The van der Waals surface area contributed by atoms with E-state index >= 15 is 0 Å². The van der Waals surface area contributed by atoms with Crippen LogP contribution in [0.25, 0.3) is 0 Å². The van der Waals surface area contributed by atoms with E-state index in [1.807, 2.05) is 4.98 Å². The van der Waals surface area contributed by atoms with Gasteiger partial charge in [-0.3, -0.25) is 14.9 Å². The average Bonchev–Trinajstić information content (AvgIpc) is 2.08. The highest BCUT2D eigenvalue weighted by Crippen LogP contribution is 2.23. The number of pyridine rings is 1. The summed E-state index contributed by atoms with van der Waals surface area (Å²) in [5, 5.41) is 10.3. The van der Waals surface area contributed by atoms with Crippen molar-refractivity contribution in [3.63, 3.8) is 0 Å². The first-order chi connectivity index (χ1) is 6.45. The Hall–Kier alpha value is -1.99. The fourth-order valence-corrected chi connectivity index (χ4v) is 0.896. The largest absolute Gasteiger partial charge is 0.394 e. The van der Waals surface area contributed by atoms with Crippen LogP contribution in [0.15, 0.2) is 11.0 Å². The van der Waals surface area contributed by atoms with Crippen LogP contribution in [0.3, 0.4) is 0 Å². The van der Waals surface area contributed by atoms with E-state index in [4.69, 9.17) is 5.73 Å². The Morgan fingerprint density at radius 3 is 2.57 bits per heavy atom. The van der Waals surface area contributed by atoms with Gasteiger partial charge in [0.2, 0.25) is 0 Å². The molecule has 0 saturated carbocycles. The number of hydrogen-bond acceptors (Lipinski definition) is 4. The number of halogens is 2. The van der Waals surface area contributed by atoms with Crippen molar-refractivity contribution < 1.29 is 13.7 Å². The lowest BCUT2D eigenvalue weighted by Crippen LogP contribution is -2.16. The highest BCUT2D eigenvalue weighted by Gasteiger charge is 2.27. The molecule has 0 bridgehead atoms. The first kappa shape index (κ1) is 10.1. The Kier molecular flexibility index (Phi) is 2.45. The smallest absolute Gasteiger partial charge is 0.343 e. The topological polar surface area (TPSA) is 102 Å². The lowest BCUT2D eigenvalue weighted by molar-refractivity contribution is -0.387. The van der Waals surface area contributed by atoms with Crippen molar-refractivity contribution in [3.05, 3.63) is 32.2 Å². The van der Waals surface area contributed by atoms with Crippen LogP contribution in [0.1, 0.15) is 12.1 Å². The molecule has 1 rings (SSSR count). The standard InChI is InChI=1S/C6H5F2N3O3/c7-6(8)3-4(11(13)14)5(12)2(9)1-10-3/h1,6H,9H2,(H,10,12). The number of H-pyrrole nitrogens is 1. The predicted octanol–water partition coefficient (Wildman–Crippen LogP) is 0.803. The van der Waals surface area contributed by atoms with E-state index < -0.39 is 33.8 Å². The summed E-state index contributed by atoms with van der Waals surface area (Å²) in [5.74, 6) is 0. The molecule has 0 aliphatic rings. The van der Waals surface area contributed by atoms with Gasteiger partial charge >= 0.3 is 5.69 Å². The van der Waals surface area contributed by atoms with Gasteiger partial charge in [-0.05, 0) is 0 Å². The molecule has 1 aromatic rings. The summed E-state index contributed by atoms with van der Waals surface area (Å²) >= 11 is 0. The van der Waals surface area contributed by atoms with E-state index in [9.17, 15) is 23.7 Å². The van der Waals surface area contributed by atoms with Gasteiger partial charge in [-0.1, -0.05) is 0 Å². The molecule has 0 spiro atoms. The van der Waals surface area contributed by atoms with Crippen LogP contribution < -0.4 is 11.2 Å². The minimum Gasteiger partial charge on any atom is -0.394 e. The molecule has 3 N–H and O–H groups in total. The van der Waals surface area contributed by atoms with Crippen LogP contribution >= 0.6 is 0 Å². The molecule has 0 aromatic carbocycles. The minimum atomic E-state index is -3.12. The van der Waals surface area contributed by atoms with Gasteiger partial charge in [0, 0.05) is 6.20 Å². The van der Waals surface area contributed by atoms with Gasteiger partial charge in [-0.25, -0.2) is 8.78 Å². The third-order valence-electron chi connectivity index (χ3n) is 1.52. The molecule has 0 unspecified atom stereocenters. The number of anilines is 1. The molecule has 1 heterocycles. The second-order valence-corrected chi connectivity index (χ2v) is 2.39. The molecule has 76 valence electrons. The number of nitrogen functional groups attached to an aromatic ring is 1. The monoisotopic (exact) mass is 205 g/mol. The first-order valence-electron chi connectivity index (χ1n) is 3.38. The molecule has 0 saturated heterocycles. The normalized spacial score (nSPS) is 10.5. The van der Waals surface area contributed by atoms with E-state index in [1.54, 1.807) is 0 Å². The lowest BCUT2D eigenvalue weighted by atomic mass is 10.3. The number of hydrogen-bond donors (Lipinski definition) is 2. The van der Waals surface area contributed by atoms with Crippen LogP contribution in [0, 0.1) is 10.1 Å². The van der Waals surface area contributed by atoms with Crippen molar-refractivity contribution in [2.45, 2.75) is 6.43 Å². The molecule has 14 heavy (non-hydrogen) atoms. The Morgan fingerprint density at radius 1 is 1.57 bits per heavy atom. The third kappa shape index (κ3) is 1.53. The van der Waals surface area contributed by atoms with Crippen LogP contribution in [-0.4, -0.2) is 9.91 Å². The lowest BCUT2D eigenvalue weighted by Gasteiger charge is -2.01. The molecular weight excluding hydrogens is 200 g/mol. The number of alkyl halides is 2. The Bertz CT molecular complexity index is 429. The van der Waals surface area contributed by atoms with Gasteiger partial charge in [-0.15, -0.1) is 0 Å². The molecule has 0 atom stereocenters. The number of nitrogens with one attached hydrogen (secondary N) is 1. The van der Waals surface area contributed by atoms with E-state index in [2.05, 4.69) is 0 Å². The van der Waals surface area contributed by atoms with E-state index in [0.29, 0.717) is 0 Å². The maximum Gasteiger partial charge on any atom is 0.343 e. The predicted molar refractivity (Wildman–Crippen MR) is 43.1 cm³/mol. The Balaban J connectivity index is 3.54. The number of nitrogens with zero attached hydrogens (tertiary/aromatic N) is 1. The second kappa shape index (κ2) is 3.40. The first-order valence-corrected chi connectivity index (χ1v) is 3.38. The zero-order chi connectivity index (χ0) is 10.9. The van der Waals surface area contributed by atoms with Gasteiger partial charge in [0.15, 0.2) is 5.69 Å². The summed E-state index contributed by atoms with van der Waals surface area (Å²) in [4.78, 5) is 22.0. The van der Waals surface area contributed by atoms with Gasteiger partial charge in [0.05, 0.1) is 4.92 Å². The maximum absolute atomic E-state index is 12.2. The van der Waals surface area contributed by atoms with Crippen molar-refractivity contribution in [2.75, 3.05) is 5.73 Å². The number of aromatic amines is 1. The molecule has 0 aliphatic heterocycles. The molecule has 0 aliphatic carbocycles. The molecule has 1 aromatic heterocycles. The summed E-state index contributed by atoms with van der Waals surface area (Å²) < 4.78 is 24.4. The Labute approximate surface area is 75.5 Å². The molecule has 0 amide bonds. The summed E-state index contributed by atoms with van der Waals surface area (Å²) in [6, 6.07) is 0. The van der Waals surface area contributed by atoms with Crippen LogP contribution in [-0.2, 0) is 0 Å². The summed E-state index contributed by atoms with van der Waals surface area (Å²) in [5.41, 5.74) is 1.12. The van der Waals surface area contributed by atoms with E-state index in [0.717, 1.165) is 6.20 Å². The van der Waals surface area contributed by atoms with Crippen molar-refractivity contribution in [3.8, 4) is 0 Å². The molecule has 6 nitrogen and oxygen atoms in total. The van der Waals surface area contributed by atoms with Crippen molar-refractivity contribution in [2.24, 2.45) is 0 Å². The van der Waals surface area contributed by atoms with E-state index in [1.165, 1.54) is 0 Å². The van der Waals surface area contributed by atoms with Crippen LogP contribution in [0.4, 0.5) is 20.2 Å². The van der Waals surface area contributed by atoms with Gasteiger partial charge in [0.25, 0.3) is 11.9 Å². The summed E-state index contributed by atoms with van der Waals surface area (Å²) in [7, 11) is 0. The highest BCUT2D eigenvalue weighted by atomic mass is 19.3. The average molecular weight is 205 g/mol. The van der Waals surface area contributed by atoms with Crippen molar-refractivity contribution in [1.29, 1.82) is 0 Å². The van der Waals surface area contributed by atoms with Crippen LogP contribution in [0.2, 0.25) is 0 Å². The van der Waals surface area contributed by atoms with E-state index in [-0.39, 0.29) is 0 Å². The highest BCUT2D eigenvalue weighted by molar-refractivity contribution is 5.48. The second-order valence-electron chi connectivity index (χ2n) is 2.39. The zero-order valence-electron chi connectivity index (χ0n) is 6.66. The molecule has 0 fully saturated rings. The third-order valence-corrected chi connectivity index (χ3v) is 1.52. The number of nitrogens with two attached hydrogens (primary N) is 1. The van der Waals surface area contributed by atoms with Crippen molar-refractivity contribution in [1.82, 2.24) is 4.98 Å². The quantitative estimate of drug-likeness (QED) is 0.550. The fraction of sp³-hybridized carbons (Fsp3) is 0.167. The molecular formula is C6H5F2N3O3. The van der Waals surface area contributed by atoms with Crippen molar-refractivity contribution >= 4 is 11.4 Å². The number of aromatic nitrogens is 1. The number of rotatable bonds is 2. The minimum absolute atomic E-state index is 0.471. The van der Waals surface area contributed by atoms with Gasteiger partial charge in [0.1, 0.15) is 5.69 Å². The fourth-order valence-electron chi connectivity index (χ4n) is 0.896. The molecule has 8 heteroatoms.